The Morgan fingerprint density at radius 2 is 2.11 bits per heavy atom. The quantitative estimate of drug-likeness (QED) is 0.863. The summed E-state index contributed by atoms with van der Waals surface area (Å²) in [6, 6.07) is 6.06. The van der Waals surface area contributed by atoms with Crippen LogP contribution in [0.3, 0.4) is 0 Å². The third kappa shape index (κ3) is 2.67. The Labute approximate surface area is 110 Å². The number of phenolic OH excluding ortho intramolecular Hbond substituents is 1. The third-order valence-electron chi connectivity index (χ3n) is 3.06. The van der Waals surface area contributed by atoms with E-state index in [4.69, 9.17) is 4.74 Å². The van der Waals surface area contributed by atoms with E-state index in [1.165, 1.54) is 19.1 Å². The SMILES string of the molecule is CCc1c(COC(C)=O)cc2ccc(F)cc2c1O. The number of carbonyl (C=O) groups excluding carboxylic acids is 1. The van der Waals surface area contributed by atoms with Crippen molar-refractivity contribution in [2.45, 2.75) is 26.9 Å². The van der Waals surface area contributed by atoms with E-state index in [0.717, 1.165) is 10.9 Å². The molecular weight excluding hydrogens is 247 g/mol. The number of benzene rings is 2. The molecule has 0 spiro atoms. The van der Waals surface area contributed by atoms with Gasteiger partial charge in [0.05, 0.1) is 0 Å². The van der Waals surface area contributed by atoms with Crippen LogP contribution in [0.2, 0.25) is 0 Å². The highest BCUT2D eigenvalue weighted by Gasteiger charge is 2.13. The first-order valence-corrected chi connectivity index (χ1v) is 6.09. The van der Waals surface area contributed by atoms with Crippen molar-refractivity contribution in [3.63, 3.8) is 0 Å². The number of halogens is 1. The fourth-order valence-corrected chi connectivity index (χ4v) is 2.15. The number of esters is 1. The molecule has 4 heteroatoms. The van der Waals surface area contributed by atoms with Crippen molar-refractivity contribution in [2.24, 2.45) is 0 Å². The summed E-state index contributed by atoms with van der Waals surface area (Å²) in [4.78, 5) is 10.9. The van der Waals surface area contributed by atoms with Crippen LogP contribution in [0, 0.1) is 5.82 Å². The van der Waals surface area contributed by atoms with Crippen LogP contribution in [-0.2, 0) is 22.6 Å². The second-order valence-electron chi connectivity index (χ2n) is 4.36. The van der Waals surface area contributed by atoms with E-state index in [1.807, 2.05) is 13.0 Å². The largest absolute Gasteiger partial charge is 0.507 e. The first kappa shape index (κ1) is 13.3. The van der Waals surface area contributed by atoms with Crippen molar-refractivity contribution in [1.29, 1.82) is 0 Å². The molecule has 0 saturated heterocycles. The number of fused-ring (bicyclic) bond motifs is 1. The minimum absolute atomic E-state index is 0.0571. The summed E-state index contributed by atoms with van der Waals surface area (Å²) in [5.41, 5.74) is 1.42. The predicted octanol–water partition coefficient (Wildman–Crippen LogP) is 3.31. The molecule has 2 aromatic rings. The zero-order chi connectivity index (χ0) is 14.0. The number of hydrogen-bond donors (Lipinski definition) is 1. The zero-order valence-corrected chi connectivity index (χ0v) is 10.9. The maximum Gasteiger partial charge on any atom is 0.302 e. The number of aromatic hydroxyl groups is 1. The van der Waals surface area contributed by atoms with Gasteiger partial charge in [-0.1, -0.05) is 13.0 Å². The lowest BCUT2D eigenvalue weighted by molar-refractivity contribution is -0.142. The molecule has 0 aliphatic rings. The molecule has 0 saturated carbocycles. The highest BCUT2D eigenvalue weighted by molar-refractivity contribution is 5.90. The van der Waals surface area contributed by atoms with E-state index in [-0.39, 0.29) is 18.3 Å². The monoisotopic (exact) mass is 262 g/mol. The van der Waals surface area contributed by atoms with Crippen LogP contribution >= 0.6 is 0 Å². The molecule has 19 heavy (non-hydrogen) atoms. The van der Waals surface area contributed by atoms with Gasteiger partial charge in [-0.15, -0.1) is 0 Å². The number of ether oxygens (including phenoxy) is 1. The van der Waals surface area contributed by atoms with E-state index in [2.05, 4.69) is 0 Å². The van der Waals surface area contributed by atoms with Gasteiger partial charge in [0.2, 0.25) is 0 Å². The van der Waals surface area contributed by atoms with Crippen molar-refractivity contribution < 1.29 is 19.0 Å². The van der Waals surface area contributed by atoms with E-state index in [1.54, 1.807) is 6.07 Å². The molecule has 100 valence electrons. The van der Waals surface area contributed by atoms with E-state index < -0.39 is 5.82 Å². The van der Waals surface area contributed by atoms with Crippen molar-refractivity contribution in [2.75, 3.05) is 0 Å². The lowest BCUT2D eigenvalue weighted by Crippen LogP contribution is -2.02. The average Bonchev–Trinajstić information content (AvgIpc) is 2.37. The van der Waals surface area contributed by atoms with Crippen LogP contribution in [-0.4, -0.2) is 11.1 Å². The summed E-state index contributed by atoms with van der Waals surface area (Å²) in [6.07, 6.45) is 0.578. The van der Waals surface area contributed by atoms with Gasteiger partial charge in [0.15, 0.2) is 0 Å². The van der Waals surface area contributed by atoms with E-state index in [0.29, 0.717) is 17.4 Å². The van der Waals surface area contributed by atoms with Gasteiger partial charge in [-0.2, -0.15) is 0 Å². The highest BCUT2D eigenvalue weighted by atomic mass is 19.1. The van der Waals surface area contributed by atoms with Gasteiger partial charge in [0.25, 0.3) is 0 Å². The fourth-order valence-electron chi connectivity index (χ4n) is 2.15. The Hall–Kier alpha value is -2.10. The first-order valence-electron chi connectivity index (χ1n) is 6.09. The number of phenols is 1. The number of hydrogen-bond acceptors (Lipinski definition) is 3. The summed E-state index contributed by atoms with van der Waals surface area (Å²) in [5, 5.41) is 11.4. The molecule has 0 aliphatic carbocycles. The molecule has 0 amide bonds. The molecule has 3 nitrogen and oxygen atoms in total. The smallest absolute Gasteiger partial charge is 0.302 e. The third-order valence-corrected chi connectivity index (χ3v) is 3.06. The van der Waals surface area contributed by atoms with Crippen molar-refractivity contribution in [3.8, 4) is 5.75 Å². The Morgan fingerprint density at radius 1 is 1.37 bits per heavy atom. The van der Waals surface area contributed by atoms with Crippen molar-refractivity contribution >= 4 is 16.7 Å². The minimum atomic E-state index is -0.391. The molecule has 1 N–H and O–H groups in total. The average molecular weight is 262 g/mol. The van der Waals surface area contributed by atoms with Crippen LogP contribution in [0.1, 0.15) is 25.0 Å². The molecule has 0 unspecified atom stereocenters. The molecule has 2 rings (SSSR count). The van der Waals surface area contributed by atoms with Gasteiger partial charge in [0, 0.05) is 17.9 Å². The summed E-state index contributed by atoms with van der Waals surface area (Å²) >= 11 is 0. The van der Waals surface area contributed by atoms with Gasteiger partial charge in [-0.25, -0.2) is 4.39 Å². The summed E-state index contributed by atoms with van der Waals surface area (Å²) in [6.45, 7) is 3.33. The van der Waals surface area contributed by atoms with Gasteiger partial charge >= 0.3 is 5.97 Å². The van der Waals surface area contributed by atoms with Crippen LogP contribution in [0.4, 0.5) is 4.39 Å². The normalized spacial score (nSPS) is 10.7. The Kier molecular flexibility index (Phi) is 3.69. The molecule has 0 aromatic heterocycles. The Morgan fingerprint density at radius 3 is 2.74 bits per heavy atom. The lowest BCUT2D eigenvalue weighted by atomic mass is 9.98. The van der Waals surface area contributed by atoms with E-state index >= 15 is 0 Å². The van der Waals surface area contributed by atoms with Crippen LogP contribution < -0.4 is 0 Å². The zero-order valence-electron chi connectivity index (χ0n) is 10.9. The number of rotatable bonds is 3. The molecule has 0 radical (unpaired) electrons. The van der Waals surface area contributed by atoms with Crippen molar-refractivity contribution in [1.82, 2.24) is 0 Å². The standard InChI is InChI=1S/C15H15FO3/c1-3-13-11(8-19-9(2)17)6-10-4-5-12(16)7-14(10)15(13)18/h4-7,18H,3,8H2,1-2H3. The van der Waals surface area contributed by atoms with Crippen LogP contribution in [0.5, 0.6) is 5.75 Å². The maximum atomic E-state index is 13.2. The molecule has 0 atom stereocenters. The fraction of sp³-hybridized carbons (Fsp3) is 0.267. The summed E-state index contributed by atoms with van der Waals surface area (Å²) < 4.78 is 18.2. The van der Waals surface area contributed by atoms with Gasteiger partial charge in [-0.05, 0) is 35.6 Å². The molecule has 0 aliphatic heterocycles. The summed E-state index contributed by atoms with van der Waals surface area (Å²) in [5.74, 6) is -0.708. The predicted molar refractivity (Wildman–Crippen MR) is 70.4 cm³/mol. The highest BCUT2D eigenvalue weighted by Crippen LogP contribution is 2.33. The van der Waals surface area contributed by atoms with E-state index in [9.17, 15) is 14.3 Å². The summed E-state index contributed by atoms with van der Waals surface area (Å²) in [7, 11) is 0. The minimum Gasteiger partial charge on any atom is -0.507 e. The topological polar surface area (TPSA) is 46.5 Å². The van der Waals surface area contributed by atoms with Crippen LogP contribution in [0.15, 0.2) is 24.3 Å². The molecule has 0 fully saturated rings. The molecule has 0 bridgehead atoms. The molecule has 0 heterocycles. The van der Waals surface area contributed by atoms with Crippen molar-refractivity contribution in [3.05, 3.63) is 41.2 Å². The Bertz CT molecular complexity index is 635. The van der Waals surface area contributed by atoms with Gasteiger partial charge in [-0.3, -0.25) is 4.79 Å². The van der Waals surface area contributed by atoms with Crippen LogP contribution in [0.25, 0.3) is 10.8 Å². The van der Waals surface area contributed by atoms with Gasteiger partial charge in [0.1, 0.15) is 18.2 Å². The molecular formula is C15H15FO3. The van der Waals surface area contributed by atoms with Gasteiger partial charge < -0.3 is 9.84 Å². The Balaban J connectivity index is 2.57. The lowest BCUT2D eigenvalue weighted by Gasteiger charge is -2.13. The first-order chi connectivity index (χ1) is 9.02. The molecule has 2 aromatic carbocycles. The second-order valence-corrected chi connectivity index (χ2v) is 4.36. The number of carbonyl (C=O) groups is 1. The second kappa shape index (κ2) is 5.26. The maximum absolute atomic E-state index is 13.2.